The van der Waals surface area contributed by atoms with Crippen LogP contribution in [0.15, 0.2) is 85.0 Å². The fourth-order valence-electron chi connectivity index (χ4n) is 6.93. The zero-order chi connectivity index (χ0) is 30.8. The highest BCUT2D eigenvalue weighted by atomic mass is 16.6. The van der Waals surface area contributed by atoms with Crippen molar-refractivity contribution in [2.24, 2.45) is 11.8 Å². The Hall–Kier alpha value is -4.28. The number of aliphatic hydroxyl groups excluding tert-OH is 1. The molecule has 0 aliphatic carbocycles. The van der Waals surface area contributed by atoms with Crippen LogP contribution in [0.4, 0.5) is 0 Å². The third-order valence-corrected chi connectivity index (χ3v) is 8.97. The zero-order valence-electron chi connectivity index (χ0n) is 24.6. The molecule has 0 unspecified atom stereocenters. The number of nitrogens with zero attached hydrogens (tertiary/aromatic N) is 2. The van der Waals surface area contributed by atoms with E-state index in [9.17, 15) is 24.3 Å². The number of nitrogens with one attached hydrogen (secondary N) is 1. The van der Waals surface area contributed by atoms with E-state index in [1.807, 2.05) is 60.7 Å². The number of fused-ring (bicyclic) bond motifs is 2. The predicted molar refractivity (Wildman–Crippen MR) is 159 cm³/mol. The molecule has 10 heteroatoms. The molecule has 0 saturated carbocycles. The molecule has 2 saturated heterocycles. The van der Waals surface area contributed by atoms with Crippen molar-refractivity contribution in [3.05, 3.63) is 96.1 Å². The summed E-state index contributed by atoms with van der Waals surface area (Å²) in [6.45, 7) is 1.86. The van der Waals surface area contributed by atoms with Crippen molar-refractivity contribution < 1.29 is 33.8 Å². The van der Waals surface area contributed by atoms with Crippen LogP contribution in [0.3, 0.4) is 0 Å². The molecule has 6 rings (SSSR count). The van der Waals surface area contributed by atoms with Gasteiger partial charge >= 0.3 is 5.97 Å². The van der Waals surface area contributed by atoms with E-state index >= 15 is 0 Å². The van der Waals surface area contributed by atoms with E-state index in [2.05, 4.69) is 5.32 Å². The monoisotopic (exact) mass is 599 g/mol. The molecule has 230 valence electrons. The molecule has 3 amide bonds. The lowest BCUT2D eigenvalue weighted by Gasteiger charge is -2.39. The van der Waals surface area contributed by atoms with Crippen LogP contribution in [0.2, 0.25) is 0 Å². The molecule has 4 aliphatic heterocycles. The summed E-state index contributed by atoms with van der Waals surface area (Å²) in [4.78, 5) is 58.5. The Balaban J connectivity index is 1.46. The first-order chi connectivity index (χ1) is 21.3. The van der Waals surface area contributed by atoms with Gasteiger partial charge in [-0.05, 0) is 24.5 Å². The van der Waals surface area contributed by atoms with E-state index < -0.39 is 60.2 Å². The van der Waals surface area contributed by atoms with Gasteiger partial charge in [0.2, 0.25) is 17.7 Å². The highest BCUT2D eigenvalue weighted by molar-refractivity contribution is 5.99. The van der Waals surface area contributed by atoms with E-state index in [1.54, 1.807) is 36.1 Å². The third-order valence-electron chi connectivity index (χ3n) is 8.97. The van der Waals surface area contributed by atoms with Gasteiger partial charge in [-0.2, -0.15) is 0 Å². The van der Waals surface area contributed by atoms with Crippen LogP contribution in [-0.2, 0) is 35.2 Å². The van der Waals surface area contributed by atoms with E-state index in [0.717, 1.165) is 5.56 Å². The summed E-state index contributed by atoms with van der Waals surface area (Å²) in [5.74, 6) is -3.62. The number of rotatable bonds is 5. The van der Waals surface area contributed by atoms with Crippen molar-refractivity contribution in [2.75, 3.05) is 19.7 Å². The minimum Gasteiger partial charge on any atom is -0.460 e. The minimum absolute atomic E-state index is 0.130. The summed E-state index contributed by atoms with van der Waals surface area (Å²) >= 11 is 0. The van der Waals surface area contributed by atoms with E-state index in [-0.39, 0.29) is 37.9 Å². The number of hydrogen-bond acceptors (Lipinski definition) is 7. The number of likely N-dealkylation sites (tertiary alicyclic amines) is 1. The Labute approximate surface area is 256 Å². The van der Waals surface area contributed by atoms with Crippen molar-refractivity contribution in [3.8, 4) is 0 Å². The van der Waals surface area contributed by atoms with Crippen molar-refractivity contribution in [1.82, 2.24) is 15.1 Å². The Morgan fingerprint density at radius 2 is 1.73 bits per heavy atom. The maximum atomic E-state index is 14.8. The number of amides is 3. The van der Waals surface area contributed by atoms with Gasteiger partial charge in [-0.1, -0.05) is 85.0 Å². The van der Waals surface area contributed by atoms with Crippen molar-refractivity contribution in [2.45, 2.75) is 56.2 Å². The first-order valence-electron chi connectivity index (χ1n) is 15.1. The number of aliphatic hydroxyl groups is 1. The van der Waals surface area contributed by atoms with Gasteiger partial charge < -0.3 is 29.7 Å². The van der Waals surface area contributed by atoms with Gasteiger partial charge in [0.1, 0.15) is 23.7 Å². The molecule has 2 fully saturated rings. The van der Waals surface area contributed by atoms with E-state index in [0.29, 0.717) is 12.0 Å². The molecule has 0 radical (unpaired) electrons. The Morgan fingerprint density at radius 3 is 2.45 bits per heavy atom. The highest BCUT2D eigenvalue weighted by Gasteiger charge is 2.74. The fraction of sp³-hybridized carbons (Fsp3) is 0.412. The minimum atomic E-state index is -1.42. The van der Waals surface area contributed by atoms with Crippen molar-refractivity contribution in [1.29, 1.82) is 0 Å². The number of hydrogen-bond donors (Lipinski definition) is 2. The van der Waals surface area contributed by atoms with Crippen LogP contribution in [0, 0.1) is 11.8 Å². The van der Waals surface area contributed by atoms with Crippen LogP contribution >= 0.6 is 0 Å². The molecule has 0 aromatic heterocycles. The predicted octanol–water partition coefficient (Wildman–Crippen LogP) is 2.30. The normalized spacial score (nSPS) is 31.9. The number of benzene rings is 2. The summed E-state index contributed by atoms with van der Waals surface area (Å²) < 4.78 is 12.2. The fourth-order valence-corrected chi connectivity index (χ4v) is 6.93. The number of carbonyl (C=O) groups is 4. The molecule has 10 nitrogen and oxygen atoms in total. The summed E-state index contributed by atoms with van der Waals surface area (Å²) in [6, 6.07) is 16.6. The number of esters is 1. The third kappa shape index (κ3) is 5.33. The molecule has 1 spiro atoms. The molecule has 4 heterocycles. The van der Waals surface area contributed by atoms with E-state index in [4.69, 9.17) is 9.47 Å². The molecule has 44 heavy (non-hydrogen) atoms. The molecular formula is C34H37N3O7. The van der Waals surface area contributed by atoms with Gasteiger partial charge in [-0.25, -0.2) is 0 Å². The van der Waals surface area contributed by atoms with E-state index in [1.165, 1.54) is 4.90 Å². The van der Waals surface area contributed by atoms with Crippen molar-refractivity contribution in [3.63, 3.8) is 0 Å². The lowest BCUT2D eigenvalue weighted by atomic mass is 9.74. The molecule has 2 N–H and O–H groups in total. The molecular weight excluding hydrogens is 562 g/mol. The number of ether oxygens (including phenoxy) is 2. The number of allylic oxidation sites excluding steroid dienone is 1. The Morgan fingerprint density at radius 1 is 1.00 bits per heavy atom. The first kappa shape index (κ1) is 29.8. The van der Waals surface area contributed by atoms with Crippen LogP contribution in [0.5, 0.6) is 0 Å². The van der Waals surface area contributed by atoms with Crippen LogP contribution in [0.1, 0.15) is 36.9 Å². The number of cyclic esters (lactones) is 1. The standard InChI is InChI=1S/C34H37N3O7/c1-22-19-35-27(39)15-9-4-10-18-36(20-23-11-5-2-6-12-23)32(41)30-34-17-16-26(44-34)28(33(42)43-22)29(34)31(40)37(30)25(21-38)24-13-7-3-8-14-24/h2-8,10-14,16-17,22,25-26,28-30,38H,9,15,18-21H2,1H3,(H,35,39)/b10-4-/t22-,25+,26+,28-,29-,30+,34-/m0/s1. The lowest BCUT2D eigenvalue weighted by Crippen LogP contribution is -2.56. The van der Waals surface area contributed by atoms with Crippen LogP contribution in [-0.4, -0.2) is 82.1 Å². The second-order valence-electron chi connectivity index (χ2n) is 11.8. The lowest BCUT2D eigenvalue weighted by molar-refractivity contribution is -0.159. The second kappa shape index (κ2) is 12.4. The van der Waals surface area contributed by atoms with Gasteiger partial charge in [0.25, 0.3) is 0 Å². The molecule has 5 bridgehead atoms. The van der Waals surface area contributed by atoms with Gasteiger partial charge in [0.05, 0.1) is 31.2 Å². The Bertz CT molecular complexity index is 1460. The average Bonchev–Trinajstić information content (AvgIpc) is 3.68. The topological polar surface area (TPSA) is 125 Å². The van der Waals surface area contributed by atoms with Gasteiger partial charge in [-0.3, -0.25) is 19.2 Å². The molecule has 2 aromatic carbocycles. The summed E-state index contributed by atoms with van der Waals surface area (Å²) in [5.41, 5.74) is 0.138. The molecule has 7 atom stereocenters. The van der Waals surface area contributed by atoms with Gasteiger partial charge in [-0.15, -0.1) is 0 Å². The summed E-state index contributed by atoms with van der Waals surface area (Å²) in [7, 11) is 0. The summed E-state index contributed by atoms with van der Waals surface area (Å²) in [5, 5.41) is 13.5. The largest absolute Gasteiger partial charge is 0.460 e. The molecule has 4 aliphatic rings. The van der Waals surface area contributed by atoms with Gasteiger partial charge in [0, 0.05) is 19.5 Å². The quantitative estimate of drug-likeness (QED) is 0.399. The average molecular weight is 600 g/mol. The van der Waals surface area contributed by atoms with Gasteiger partial charge in [0.15, 0.2) is 0 Å². The van der Waals surface area contributed by atoms with Crippen LogP contribution in [0.25, 0.3) is 0 Å². The van der Waals surface area contributed by atoms with Crippen molar-refractivity contribution >= 4 is 23.7 Å². The zero-order valence-corrected chi connectivity index (χ0v) is 24.6. The first-order valence-corrected chi connectivity index (χ1v) is 15.1. The van der Waals surface area contributed by atoms with Crippen LogP contribution < -0.4 is 5.32 Å². The summed E-state index contributed by atoms with van der Waals surface area (Å²) in [6.07, 6.45) is 6.52. The smallest absolute Gasteiger partial charge is 0.313 e. The maximum absolute atomic E-state index is 14.8. The number of carbonyl (C=O) groups excluding carboxylic acids is 4. The maximum Gasteiger partial charge on any atom is 0.313 e. The highest BCUT2D eigenvalue weighted by Crippen LogP contribution is 2.57. The SMILES string of the molecule is C[C@H]1CNC(=O)CC/C=C\CN(Cc2ccccc2)C(=O)[C@H]2N([C@H](CO)c3ccccc3)C(=O)[C@@H]3[C@@H](C(=O)O1)[C@H]1C=C[C@]32O1. The molecule has 2 aromatic rings. The second-order valence-corrected chi connectivity index (χ2v) is 11.8. The Kier molecular flexibility index (Phi) is 8.38.